The van der Waals surface area contributed by atoms with Crippen LogP contribution in [0.25, 0.3) is 11.1 Å². The predicted octanol–water partition coefficient (Wildman–Crippen LogP) is 7.23. The molecule has 1 aromatic heterocycles. The van der Waals surface area contributed by atoms with Crippen molar-refractivity contribution in [1.29, 1.82) is 0 Å². The first-order chi connectivity index (χ1) is 9.20. The summed E-state index contributed by atoms with van der Waals surface area (Å²) in [6, 6.07) is 14.4. The quantitative estimate of drug-likeness (QED) is 0.305. The standard InChI is InChI=1S/C13H13O.F6P/c1-10-8-13(9-11(2)14-10)12-6-4-3-5-7-12;1-7(2,3,4,5)6/h3-9H,1-2H3;/q+1;-1. The van der Waals surface area contributed by atoms with Gasteiger partial charge in [0.15, 0.2) is 0 Å². The number of hydrogen-bond acceptors (Lipinski definition) is 0. The van der Waals surface area contributed by atoms with E-state index in [9.17, 15) is 25.2 Å². The third-order valence-electron chi connectivity index (χ3n) is 2.15. The molecule has 0 aliphatic carbocycles. The average Bonchev–Trinajstić information content (AvgIpc) is 2.24. The summed E-state index contributed by atoms with van der Waals surface area (Å²) in [6.45, 7) is 3.94. The summed E-state index contributed by atoms with van der Waals surface area (Å²) < 4.78 is 64.6. The van der Waals surface area contributed by atoms with Gasteiger partial charge in [0.05, 0.1) is 13.8 Å². The van der Waals surface area contributed by atoms with E-state index in [2.05, 4.69) is 24.3 Å². The Labute approximate surface area is 117 Å². The van der Waals surface area contributed by atoms with Crippen LogP contribution in [0.15, 0.2) is 46.9 Å². The fraction of sp³-hybridized carbons (Fsp3) is 0.154. The van der Waals surface area contributed by atoms with Crippen LogP contribution in [0.1, 0.15) is 11.5 Å². The third kappa shape index (κ3) is 9.85. The third-order valence-corrected chi connectivity index (χ3v) is 2.15. The summed E-state index contributed by atoms with van der Waals surface area (Å²) >= 11 is 0. The van der Waals surface area contributed by atoms with Crippen molar-refractivity contribution < 1.29 is 29.6 Å². The Hall–Kier alpha value is -1.62. The molecule has 118 valence electrons. The first kappa shape index (κ1) is 17.4. The van der Waals surface area contributed by atoms with Crippen LogP contribution in [-0.2, 0) is 0 Å². The Balaban J connectivity index is 0.000000270. The summed E-state index contributed by atoms with van der Waals surface area (Å²) in [5, 5.41) is 0. The molecule has 2 rings (SSSR count). The Bertz CT molecular complexity index is 590. The van der Waals surface area contributed by atoms with Gasteiger partial charge < -0.3 is 0 Å². The molecule has 0 amide bonds. The van der Waals surface area contributed by atoms with E-state index in [1.54, 1.807) is 0 Å². The molecule has 2 aromatic rings. The SMILES string of the molecule is Cc1cc(-c2ccccc2)cc(C)[o+]1.F[P-](F)(F)(F)(F)F. The Kier molecular flexibility index (Phi) is 4.14. The van der Waals surface area contributed by atoms with E-state index in [0.29, 0.717) is 0 Å². The van der Waals surface area contributed by atoms with Gasteiger partial charge in [-0.15, -0.1) is 0 Å². The first-order valence-electron chi connectivity index (χ1n) is 5.74. The van der Waals surface area contributed by atoms with Gasteiger partial charge in [-0.3, -0.25) is 0 Å². The van der Waals surface area contributed by atoms with Crippen molar-refractivity contribution in [2.24, 2.45) is 0 Å². The maximum atomic E-state index is 9.87. The molecule has 1 heterocycles. The van der Waals surface area contributed by atoms with E-state index in [1.807, 2.05) is 32.0 Å². The minimum absolute atomic E-state index is 0.948. The zero-order chi connectivity index (χ0) is 16.4. The van der Waals surface area contributed by atoms with Gasteiger partial charge in [0.1, 0.15) is 0 Å². The van der Waals surface area contributed by atoms with E-state index >= 15 is 0 Å². The second kappa shape index (κ2) is 4.98. The Morgan fingerprint density at radius 1 is 0.714 bits per heavy atom. The van der Waals surface area contributed by atoms with Crippen LogP contribution >= 0.6 is 7.81 Å². The van der Waals surface area contributed by atoms with E-state index in [-0.39, 0.29) is 0 Å². The fourth-order valence-electron chi connectivity index (χ4n) is 1.59. The van der Waals surface area contributed by atoms with E-state index in [0.717, 1.165) is 11.5 Å². The van der Waals surface area contributed by atoms with Gasteiger partial charge in [0, 0.05) is 12.1 Å². The second-order valence-corrected chi connectivity index (χ2v) is 6.31. The normalized spacial score (nSPS) is 14.5. The van der Waals surface area contributed by atoms with E-state index < -0.39 is 7.81 Å². The van der Waals surface area contributed by atoms with Crippen molar-refractivity contribution in [2.75, 3.05) is 0 Å². The van der Waals surface area contributed by atoms with Crippen LogP contribution in [0, 0.1) is 13.8 Å². The topological polar surface area (TPSA) is 11.3 Å². The summed E-state index contributed by atoms with van der Waals surface area (Å²) in [4.78, 5) is 0. The molecule has 0 spiro atoms. The van der Waals surface area contributed by atoms with Gasteiger partial charge in [0.2, 0.25) is 0 Å². The molecule has 0 N–H and O–H groups in total. The summed E-state index contributed by atoms with van der Waals surface area (Å²) in [6.07, 6.45) is 0. The molecule has 8 heteroatoms. The molecular weight excluding hydrogens is 317 g/mol. The van der Waals surface area contributed by atoms with Crippen molar-refractivity contribution in [3.05, 3.63) is 54.0 Å². The molecule has 0 aliphatic rings. The Morgan fingerprint density at radius 2 is 1.10 bits per heavy atom. The zero-order valence-electron chi connectivity index (χ0n) is 11.2. The molecule has 1 nitrogen and oxygen atoms in total. The van der Waals surface area contributed by atoms with Crippen LogP contribution in [0.5, 0.6) is 0 Å². The Morgan fingerprint density at radius 3 is 1.48 bits per heavy atom. The number of halogens is 6. The van der Waals surface area contributed by atoms with Crippen molar-refractivity contribution in [3.8, 4) is 11.1 Å². The van der Waals surface area contributed by atoms with Crippen molar-refractivity contribution in [3.63, 3.8) is 0 Å². The molecule has 0 aliphatic heterocycles. The molecule has 0 saturated heterocycles. The first-order valence-corrected chi connectivity index (χ1v) is 7.77. The predicted molar refractivity (Wildman–Crippen MR) is 71.6 cm³/mol. The van der Waals surface area contributed by atoms with Gasteiger partial charge >= 0.3 is 44.5 Å². The molecular formula is C13H13F6OP. The maximum absolute atomic E-state index is 10.7. The molecule has 1 aromatic carbocycles. The molecule has 0 fully saturated rings. The van der Waals surface area contributed by atoms with Crippen molar-refractivity contribution in [2.45, 2.75) is 13.8 Å². The molecule has 21 heavy (non-hydrogen) atoms. The van der Waals surface area contributed by atoms with Crippen LogP contribution in [0.2, 0.25) is 0 Å². The molecule has 0 unspecified atom stereocenters. The van der Waals surface area contributed by atoms with Crippen LogP contribution in [-0.4, -0.2) is 0 Å². The average molecular weight is 330 g/mol. The van der Waals surface area contributed by atoms with Crippen molar-refractivity contribution in [1.82, 2.24) is 0 Å². The summed E-state index contributed by atoms with van der Waals surface area (Å²) in [5.41, 5.74) is 2.45. The summed E-state index contributed by atoms with van der Waals surface area (Å²) in [5.74, 6) is 1.90. The monoisotopic (exact) mass is 330 g/mol. The zero-order valence-corrected chi connectivity index (χ0v) is 12.1. The van der Waals surface area contributed by atoms with Gasteiger partial charge in [0.25, 0.3) is 0 Å². The second-order valence-electron chi connectivity index (χ2n) is 4.39. The van der Waals surface area contributed by atoms with E-state index in [1.165, 1.54) is 11.1 Å². The van der Waals surface area contributed by atoms with Gasteiger partial charge in [-0.1, -0.05) is 30.3 Å². The number of aryl methyl sites for hydroxylation is 2. The molecule has 0 saturated carbocycles. The van der Waals surface area contributed by atoms with E-state index in [4.69, 9.17) is 4.42 Å². The molecule has 0 radical (unpaired) electrons. The molecule has 0 atom stereocenters. The number of hydrogen-bond donors (Lipinski definition) is 0. The van der Waals surface area contributed by atoms with Crippen LogP contribution < -0.4 is 0 Å². The van der Waals surface area contributed by atoms with Gasteiger partial charge in [-0.2, -0.15) is 0 Å². The number of rotatable bonds is 1. The number of benzene rings is 1. The molecule has 0 bridgehead atoms. The van der Waals surface area contributed by atoms with Gasteiger partial charge in [-0.05, 0) is 11.1 Å². The minimum atomic E-state index is -10.7. The van der Waals surface area contributed by atoms with Gasteiger partial charge in [-0.25, -0.2) is 4.42 Å². The van der Waals surface area contributed by atoms with Crippen molar-refractivity contribution >= 4 is 7.81 Å². The fourth-order valence-corrected chi connectivity index (χ4v) is 1.59. The van der Waals surface area contributed by atoms with Crippen LogP contribution in [0.4, 0.5) is 25.2 Å². The van der Waals surface area contributed by atoms with Crippen LogP contribution in [0.3, 0.4) is 0 Å². The summed E-state index contributed by atoms with van der Waals surface area (Å²) in [7, 11) is -10.7.